The number of ether oxygens (including phenoxy) is 5. The van der Waals surface area contributed by atoms with Crippen LogP contribution in [0, 0.1) is 0 Å². The van der Waals surface area contributed by atoms with Crippen LogP contribution in [0.5, 0.6) is 0 Å². The Morgan fingerprint density at radius 3 is 1.83 bits per heavy atom. The first-order valence-corrected chi connectivity index (χ1v) is 6.26. The van der Waals surface area contributed by atoms with E-state index in [1.165, 1.54) is 0 Å². The zero-order valence-electron chi connectivity index (χ0n) is 11.4. The smallest absolute Gasteiger partial charge is 0.0781 e. The van der Waals surface area contributed by atoms with Gasteiger partial charge in [0.15, 0.2) is 0 Å². The number of rotatable bonds is 14. The number of hydrogen-bond acceptors (Lipinski definition) is 6. The highest BCUT2D eigenvalue weighted by Crippen LogP contribution is 1.91. The van der Waals surface area contributed by atoms with Gasteiger partial charge in [-0.1, -0.05) is 0 Å². The van der Waals surface area contributed by atoms with Gasteiger partial charge in [0, 0.05) is 7.11 Å². The van der Waals surface area contributed by atoms with Crippen molar-refractivity contribution in [1.29, 1.82) is 0 Å². The van der Waals surface area contributed by atoms with Gasteiger partial charge in [0.1, 0.15) is 0 Å². The highest BCUT2D eigenvalue weighted by Gasteiger charge is 2.00. The summed E-state index contributed by atoms with van der Waals surface area (Å²) in [6.07, 6.45) is 0.0959. The molecule has 0 amide bonds. The quantitative estimate of drug-likeness (QED) is 0.449. The zero-order valence-corrected chi connectivity index (χ0v) is 11.4. The van der Waals surface area contributed by atoms with Crippen molar-refractivity contribution in [3.05, 3.63) is 0 Å². The van der Waals surface area contributed by atoms with Crippen molar-refractivity contribution < 1.29 is 28.8 Å². The summed E-state index contributed by atoms with van der Waals surface area (Å²) < 4.78 is 26.0. The van der Waals surface area contributed by atoms with E-state index < -0.39 is 0 Å². The SMILES string of the molecule is COCC(C)OCCOCCOCCOCCO. The first-order valence-electron chi connectivity index (χ1n) is 6.26. The molecule has 0 aromatic heterocycles. The molecule has 0 aliphatic carbocycles. The molecular weight excluding hydrogens is 240 g/mol. The van der Waals surface area contributed by atoms with E-state index >= 15 is 0 Å². The Morgan fingerprint density at radius 1 is 0.833 bits per heavy atom. The van der Waals surface area contributed by atoms with E-state index in [0.29, 0.717) is 52.9 Å². The highest BCUT2D eigenvalue weighted by atomic mass is 16.6. The minimum Gasteiger partial charge on any atom is -0.394 e. The Kier molecular flexibility index (Phi) is 14.6. The van der Waals surface area contributed by atoms with Gasteiger partial charge in [-0.25, -0.2) is 0 Å². The number of hydrogen-bond donors (Lipinski definition) is 1. The lowest BCUT2D eigenvalue weighted by Crippen LogP contribution is -2.18. The molecule has 0 aliphatic heterocycles. The molecule has 18 heavy (non-hydrogen) atoms. The van der Waals surface area contributed by atoms with E-state index in [1.807, 2.05) is 6.92 Å². The van der Waals surface area contributed by atoms with E-state index in [2.05, 4.69) is 0 Å². The van der Waals surface area contributed by atoms with E-state index in [0.717, 1.165) is 0 Å². The molecule has 0 saturated heterocycles. The van der Waals surface area contributed by atoms with Gasteiger partial charge in [-0.05, 0) is 6.92 Å². The van der Waals surface area contributed by atoms with E-state index in [-0.39, 0.29) is 12.7 Å². The van der Waals surface area contributed by atoms with Crippen LogP contribution in [-0.4, -0.2) is 77.8 Å². The Bertz CT molecular complexity index is 156. The Hall–Kier alpha value is -0.240. The van der Waals surface area contributed by atoms with Crippen molar-refractivity contribution in [2.75, 3.05) is 66.6 Å². The third kappa shape index (κ3) is 13.8. The van der Waals surface area contributed by atoms with Crippen LogP contribution in [-0.2, 0) is 23.7 Å². The Balaban J connectivity index is 2.98. The molecular formula is C12H26O6. The molecule has 6 nitrogen and oxygen atoms in total. The van der Waals surface area contributed by atoms with Gasteiger partial charge >= 0.3 is 0 Å². The van der Waals surface area contributed by atoms with Crippen molar-refractivity contribution in [2.45, 2.75) is 13.0 Å². The molecule has 0 saturated carbocycles. The van der Waals surface area contributed by atoms with Gasteiger partial charge in [-0.2, -0.15) is 0 Å². The molecule has 110 valence electrons. The normalized spacial score (nSPS) is 12.8. The summed E-state index contributed by atoms with van der Waals surface area (Å²) in [4.78, 5) is 0. The van der Waals surface area contributed by atoms with Crippen LogP contribution in [0.4, 0.5) is 0 Å². The van der Waals surface area contributed by atoms with Crippen molar-refractivity contribution >= 4 is 0 Å². The lowest BCUT2D eigenvalue weighted by molar-refractivity contribution is -0.0330. The molecule has 0 aromatic rings. The molecule has 1 unspecified atom stereocenters. The van der Waals surface area contributed by atoms with Crippen LogP contribution in [0.25, 0.3) is 0 Å². The van der Waals surface area contributed by atoms with Gasteiger partial charge in [-0.15, -0.1) is 0 Å². The summed E-state index contributed by atoms with van der Waals surface area (Å²) in [6, 6.07) is 0. The topological polar surface area (TPSA) is 66.4 Å². The van der Waals surface area contributed by atoms with Crippen molar-refractivity contribution in [3.8, 4) is 0 Å². The molecule has 0 rings (SSSR count). The monoisotopic (exact) mass is 266 g/mol. The van der Waals surface area contributed by atoms with Gasteiger partial charge in [0.05, 0.1) is 65.6 Å². The second-order valence-electron chi connectivity index (χ2n) is 3.70. The second kappa shape index (κ2) is 14.8. The molecule has 6 heteroatoms. The zero-order chi connectivity index (χ0) is 13.5. The van der Waals surface area contributed by atoms with Crippen LogP contribution in [0.3, 0.4) is 0 Å². The van der Waals surface area contributed by atoms with E-state index in [9.17, 15) is 0 Å². The van der Waals surface area contributed by atoms with E-state index in [1.54, 1.807) is 7.11 Å². The molecule has 0 fully saturated rings. The predicted octanol–water partition coefficient (Wildman–Crippen LogP) is 0.0800. The maximum Gasteiger partial charge on any atom is 0.0781 e. The minimum atomic E-state index is 0.0462. The Morgan fingerprint density at radius 2 is 1.33 bits per heavy atom. The summed E-state index contributed by atoms with van der Waals surface area (Å²) in [7, 11) is 1.65. The fourth-order valence-corrected chi connectivity index (χ4v) is 1.20. The van der Waals surface area contributed by atoms with Crippen molar-refractivity contribution in [1.82, 2.24) is 0 Å². The first kappa shape index (κ1) is 17.8. The molecule has 1 atom stereocenters. The van der Waals surface area contributed by atoms with Crippen LogP contribution < -0.4 is 0 Å². The fourth-order valence-electron chi connectivity index (χ4n) is 1.20. The summed E-state index contributed by atoms with van der Waals surface area (Å²) in [6.45, 7) is 6.17. The summed E-state index contributed by atoms with van der Waals surface area (Å²) in [5.41, 5.74) is 0. The fraction of sp³-hybridized carbons (Fsp3) is 1.00. The van der Waals surface area contributed by atoms with E-state index in [4.69, 9.17) is 28.8 Å². The Labute approximate surface area is 109 Å². The number of aliphatic hydroxyl groups is 1. The first-order chi connectivity index (χ1) is 8.81. The average molecular weight is 266 g/mol. The molecule has 0 bridgehead atoms. The third-order valence-corrected chi connectivity index (χ3v) is 2.01. The summed E-state index contributed by atoms with van der Waals surface area (Å²) in [5, 5.41) is 8.46. The maximum atomic E-state index is 8.46. The number of aliphatic hydroxyl groups excluding tert-OH is 1. The number of methoxy groups -OCH3 is 1. The molecule has 0 radical (unpaired) electrons. The van der Waals surface area contributed by atoms with Crippen molar-refractivity contribution in [3.63, 3.8) is 0 Å². The van der Waals surface area contributed by atoms with Crippen LogP contribution >= 0.6 is 0 Å². The summed E-state index contributed by atoms with van der Waals surface area (Å²) in [5.74, 6) is 0. The molecule has 0 aliphatic rings. The second-order valence-corrected chi connectivity index (χ2v) is 3.70. The average Bonchev–Trinajstić information content (AvgIpc) is 2.36. The minimum absolute atomic E-state index is 0.0462. The third-order valence-electron chi connectivity index (χ3n) is 2.01. The van der Waals surface area contributed by atoms with Crippen molar-refractivity contribution in [2.24, 2.45) is 0 Å². The van der Waals surface area contributed by atoms with Gasteiger partial charge in [0.25, 0.3) is 0 Å². The molecule has 0 heterocycles. The summed E-state index contributed by atoms with van der Waals surface area (Å²) >= 11 is 0. The molecule has 1 N–H and O–H groups in total. The van der Waals surface area contributed by atoms with Gasteiger partial charge in [-0.3, -0.25) is 0 Å². The molecule has 0 spiro atoms. The lowest BCUT2D eigenvalue weighted by Gasteiger charge is -2.12. The van der Waals surface area contributed by atoms with Crippen LogP contribution in [0.2, 0.25) is 0 Å². The highest BCUT2D eigenvalue weighted by molar-refractivity contribution is 4.45. The largest absolute Gasteiger partial charge is 0.394 e. The van der Waals surface area contributed by atoms with Crippen LogP contribution in [0.15, 0.2) is 0 Å². The van der Waals surface area contributed by atoms with Gasteiger partial charge in [0.2, 0.25) is 0 Å². The van der Waals surface area contributed by atoms with Gasteiger partial charge < -0.3 is 28.8 Å². The maximum absolute atomic E-state index is 8.46. The van der Waals surface area contributed by atoms with Crippen LogP contribution in [0.1, 0.15) is 6.92 Å². The molecule has 0 aromatic carbocycles. The standard InChI is InChI=1S/C12H26O6/c1-12(11-14-2)18-10-9-17-8-7-16-6-5-15-4-3-13/h12-13H,3-11H2,1-2H3. The predicted molar refractivity (Wildman–Crippen MR) is 66.8 cm³/mol. The lowest BCUT2D eigenvalue weighted by atomic mass is 10.4.